The Morgan fingerprint density at radius 3 is 2.44 bits per heavy atom. The largest absolute Gasteiger partial charge is 0.480 e. The van der Waals surface area contributed by atoms with Gasteiger partial charge in [-0.15, -0.1) is 0 Å². The minimum atomic E-state index is -0.926. The Balaban J connectivity index is 2.87. The van der Waals surface area contributed by atoms with Crippen LogP contribution in [-0.4, -0.2) is 26.0 Å². The number of rotatable bonds is 6. The van der Waals surface area contributed by atoms with Gasteiger partial charge in [-0.3, -0.25) is 0 Å². The zero-order valence-electron chi connectivity index (χ0n) is 9.78. The molecule has 1 rings (SSSR count). The molecule has 0 saturated heterocycles. The molecule has 6 heteroatoms. The van der Waals surface area contributed by atoms with Crippen LogP contribution < -0.4 is 5.32 Å². The van der Waals surface area contributed by atoms with Gasteiger partial charge in [0, 0.05) is 18.0 Å². The highest BCUT2D eigenvalue weighted by atomic mass is 32.1. The average molecular weight is 243 g/mol. The first-order chi connectivity index (χ1) is 7.57. The van der Waals surface area contributed by atoms with Gasteiger partial charge in [-0.2, -0.15) is 4.37 Å². The van der Waals surface area contributed by atoms with Crippen molar-refractivity contribution in [1.29, 1.82) is 0 Å². The van der Waals surface area contributed by atoms with Crippen LogP contribution in [0.3, 0.4) is 0 Å². The quantitative estimate of drug-likeness (QED) is 0.800. The highest BCUT2D eigenvalue weighted by molar-refractivity contribution is 7.09. The lowest BCUT2D eigenvalue weighted by molar-refractivity contribution is -0.142. The summed E-state index contributed by atoms with van der Waals surface area (Å²) in [6.07, 6.45) is 1.79. The van der Waals surface area contributed by atoms with Crippen molar-refractivity contribution in [3.8, 4) is 0 Å². The molecule has 0 unspecified atom stereocenters. The molecule has 5 nitrogen and oxygen atoms in total. The van der Waals surface area contributed by atoms with Gasteiger partial charge in [-0.25, -0.2) is 9.78 Å². The Hall–Kier alpha value is -1.17. The monoisotopic (exact) mass is 243 g/mol. The number of anilines is 1. The second-order valence-corrected chi connectivity index (χ2v) is 4.34. The Morgan fingerprint density at radius 2 is 2.06 bits per heavy atom. The predicted molar refractivity (Wildman–Crippen MR) is 63.9 cm³/mol. The third kappa shape index (κ3) is 2.49. The van der Waals surface area contributed by atoms with Gasteiger partial charge in [-0.05, 0) is 12.8 Å². The van der Waals surface area contributed by atoms with E-state index in [0.717, 1.165) is 12.2 Å². The summed E-state index contributed by atoms with van der Waals surface area (Å²) in [7, 11) is 0. The Morgan fingerprint density at radius 1 is 1.44 bits per heavy atom. The molecule has 0 aliphatic rings. The summed E-state index contributed by atoms with van der Waals surface area (Å²) in [5.74, 6) is -0.0928. The highest BCUT2D eigenvalue weighted by Gasteiger charge is 2.35. The fourth-order valence-electron chi connectivity index (χ4n) is 1.44. The molecule has 1 aromatic heterocycles. The molecule has 0 aliphatic heterocycles. The summed E-state index contributed by atoms with van der Waals surface area (Å²) in [5.41, 5.74) is -0.926. The molecular formula is C10H17N3O2S. The third-order valence-corrected chi connectivity index (χ3v) is 3.42. The summed E-state index contributed by atoms with van der Waals surface area (Å²) in [4.78, 5) is 15.5. The summed E-state index contributed by atoms with van der Waals surface area (Å²) >= 11 is 1.21. The van der Waals surface area contributed by atoms with E-state index >= 15 is 0 Å². The zero-order valence-corrected chi connectivity index (χ0v) is 10.6. The predicted octanol–water partition coefficient (Wildman–Crippen LogP) is 2.16. The number of hydrogen-bond donors (Lipinski definition) is 2. The number of nitrogens with zero attached hydrogens (tertiary/aromatic N) is 2. The average Bonchev–Trinajstić information content (AvgIpc) is 2.73. The second kappa shape index (κ2) is 5.25. The van der Waals surface area contributed by atoms with Crippen LogP contribution in [0.2, 0.25) is 0 Å². The molecule has 0 bridgehead atoms. The van der Waals surface area contributed by atoms with Gasteiger partial charge >= 0.3 is 5.97 Å². The maximum Gasteiger partial charge on any atom is 0.329 e. The van der Waals surface area contributed by atoms with E-state index in [1.165, 1.54) is 11.5 Å². The maximum absolute atomic E-state index is 11.3. The molecule has 0 aromatic carbocycles. The highest BCUT2D eigenvalue weighted by Crippen LogP contribution is 2.23. The molecule has 0 spiro atoms. The smallest absolute Gasteiger partial charge is 0.329 e. The van der Waals surface area contributed by atoms with Gasteiger partial charge in [0.2, 0.25) is 5.13 Å². The van der Waals surface area contributed by atoms with Crippen molar-refractivity contribution in [1.82, 2.24) is 9.36 Å². The summed E-state index contributed by atoms with van der Waals surface area (Å²) in [6, 6.07) is 0. The van der Waals surface area contributed by atoms with Crippen LogP contribution in [0, 0.1) is 0 Å². The van der Waals surface area contributed by atoms with Crippen molar-refractivity contribution < 1.29 is 9.90 Å². The van der Waals surface area contributed by atoms with Gasteiger partial charge in [-0.1, -0.05) is 20.8 Å². The topological polar surface area (TPSA) is 75.1 Å². The molecule has 0 aliphatic carbocycles. The molecule has 0 atom stereocenters. The Bertz CT molecular complexity index is 361. The number of carboxylic acids is 1. The van der Waals surface area contributed by atoms with Gasteiger partial charge in [0.1, 0.15) is 11.4 Å². The second-order valence-electron chi connectivity index (χ2n) is 3.59. The molecule has 0 amide bonds. The van der Waals surface area contributed by atoms with Crippen molar-refractivity contribution in [3.05, 3.63) is 5.82 Å². The van der Waals surface area contributed by atoms with Crippen LogP contribution in [0.25, 0.3) is 0 Å². The summed E-state index contributed by atoms with van der Waals surface area (Å²) < 4.78 is 4.12. The SMILES string of the molecule is CCc1nsc(NC(CC)(CC)C(=O)O)n1. The minimum absolute atomic E-state index is 0.514. The van der Waals surface area contributed by atoms with Crippen molar-refractivity contribution in [3.63, 3.8) is 0 Å². The van der Waals surface area contributed by atoms with Crippen molar-refractivity contribution in [2.75, 3.05) is 5.32 Å². The van der Waals surface area contributed by atoms with Gasteiger partial charge in [0.25, 0.3) is 0 Å². The fraction of sp³-hybridized carbons (Fsp3) is 0.700. The van der Waals surface area contributed by atoms with E-state index in [2.05, 4.69) is 14.7 Å². The first kappa shape index (κ1) is 12.9. The lowest BCUT2D eigenvalue weighted by Gasteiger charge is -2.27. The molecule has 0 fully saturated rings. The van der Waals surface area contributed by atoms with Crippen LogP contribution in [0.15, 0.2) is 0 Å². The molecule has 16 heavy (non-hydrogen) atoms. The first-order valence-electron chi connectivity index (χ1n) is 5.42. The minimum Gasteiger partial charge on any atom is -0.480 e. The maximum atomic E-state index is 11.3. The van der Waals surface area contributed by atoms with Crippen LogP contribution in [0.4, 0.5) is 5.13 Å². The number of carbonyl (C=O) groups is 1. The molecule has 2 N–H and O–H groups in total. The van der Waals surface area contributed by atoms with E-state index in [0.29, 0.717) is 18.0 Å². The van der Waals surface area contributed by atoms with Gasteiger partial charge in [0.05, 0.1) is 0 Å². The standard InChI is InChI=1S/C10H17N3O2S/c1-4-7-11-9(16-13-7)12-10(5-2,6-3)8(14)15/h4-6H2,1-3H3,(H,14,15)(H,11,12,13). The van der Waals surface area contributed by atoms with Crippen LogP contribution in [0.1, 0.15) is 39.4 Å². The molecule has 0 saturated carbocycles. The van der Waals surface area contributed by atoms with E-state index in [4.69, 9.17) is 0 Å². The number of aryl methyl sites for hydroxylation is 1. The number of aliphatic carboxylic acids is 1. The summed E-state index contributed by atoms with van der Waals surface area (Å²) in [6.45, 7) is 5.68. The van der Waals surface area contributed by atoms with Crippen molar-refractivity contribution >= 4 is 22.6 Å². The molecular weight excluding hydrogens is 226 g/mol. The normalized spacial score (nSPS) is 11.4. The first-order valence-corrected chi connectivity index (χ1v) is 6.19. The van der Waals surface area contributed by atoms with Crippen LogP contribution in [0.5, 0.6) is 0 Å². The number of carboxylic acid groups (broad SMARTS) is 1. The van der Waals surface area contributed by atoms with E-state index in [1.807, 2.05) is 20.8 Å². The number of hydrogen-bond acceptors (Lipinski definition) is 5. The lowest BCUT2D eigenvalue weighted by atomic mass is 9.93. The molecule has 1 heterocycles. The van der Waals surface area contributed by atoms with Gasteiger partial charge < -0.3 is 10.4 Å². The fourth-order valence-corrected chi connectivity index (χ4v) is 2.18. The van der Waals surface area contributed by atoms with E-state index in [9.17, 15) is 9.90 Å². The van der Waals surface area contributed by atoms with Gasteiger partial charge in [0.15, 0.2) is 0 Å². The zero-order chi connectivity index (χ0) is 12.2. The Kier molecular flexibility index (Phi) is 4.23. The van der Waals surface area contributed by atoms with E-state index < -0.39 is 11.5 Å². The van der Waals surface area contributed by atoms with E-state index in [-0.39, 0.29) is 0 Å². The molecule has 0 radical (unpaired) electrons. The van der Waals surface area contributed by atoms with Crippen LogP contribution >= 0.6 is 11.5 Å². The lowest BCUT2D eigenvalue weighted by Crippen LogP contribution is -2.45. The van der Waals surface area contributed by atoms with Crippen molar-refractivity contribution in [2.45, 2.75) is 45.6 Å². The summed E-state index contributed by atoms with van der Waals surface area (Å²) in [5, 5.41) is 12.8. The molecule has 90 valence electrons. The third-order valence-electron chi connectivity index (χ3n) is 2.75. The number of nitrogens with one attached hydrogen (secondary N) is 1. The van der Waals surface area contributed by atoms with E-state index in [1.54, 1.807) is 0 Å². The molecule has 1 aromatic rings. The van der Waals surface area contributed by atoms with Crippen LogP contribution in [-0.2, 0) is 11.2 Å². The Labute approximate surface area is 99.1 Å². The number of aromatic nitrogens is 2. The van der Waals surface area contributed by atoms with Crippen molar-refractivity contribution in [2.24, 2.45) is 0 Å².